The van der Waals surface area contributed by atoms with Crippen LogP contribution < -0.4 is 5.43 Å². The highest BCUT2D eigenvalue weighted by Gasteiger charge is 2.20. The van der Waals surface area contributed by atoms with E-state index in [1.807, 2.05) is 0 Å². The summed E-state index contributed by atoms with van der Waals surface area (Å²) in [6.45, 7) is 9.78. The normalized spacial score (nSPS) is 22.7. The van der Waals surface area contributed by atoms with Gasteiger partial charge in [0.05, 0.1) is 5.69 Å². The van der Waals surface area contributed by atoms with Crippen molar-refractivity contribution in [3.05, 3.63) is 29.3 Å². The number of hydrazine groups is 1. The summed E-state index contributed by atoms with van der Waals surface area (Å²) >= 11 is 0. The second-order valence-corrected chi connectivity index (χ2v) is 8.08. The molecule has 25 heavy (non-hydrogen) atoms. The molecule has 1 aromatic rings. The van der Waals surface area contributed by atoms with Gasteiger partial charge in [-0.2, -0.15) is 0 Å². The number of hydrogen-bond acceptors (Lipinski definition) is 4. The van der Waals surface area contributed by atoms with E-state index in [1.165, 1.54) is 101 Å². The molecule has 4 nitrogen and oxygen atoms in total. The van der Waals surface area contributed by atoms with Gasteiger partial charge >= 0.3 is 0 Å². The molecule has 2 fully saturated rings. The molecule has 3 aliphatic heterocycles. The minimum atomic E-state index is 1.05. The van der Waals surface area contributed by atoms with E-state index in [0.29, 0.717) is 0 Å². The molecular weight excluding hydrogens is 308 g/mol. The fourth-order valence-electron chi connectivity index (χ4n) is 4.49. The van der Waals surface area contributed by atoms with Crippen LogP contribution >= 0.6 is 0 Å². The summed E-state index contributed by atoms with van der Waals surface area (Å²) in [4.78, 5) is 5.26. The van der Waals surface area contributed by atoms with Gasteiger partial charge in [-0.3, -0.25) is 0 Å². The van der Waals surface area contributed by atoms with Crippen molar-refractivity contribution < 1.29 is 0 Å². The quantitative estimate of drug-likeness (QED) is 0.856. The Morgan fingerprint density at radius 3 is 2.16 bits per heavy atom. The lowest BCUT2D eigenvalue weighted by Gasteiger charge is -2.28. The first kappa shape index (κ1) is 17.3. The maximum Gasteiger partial charge on any atom is 0.0538 e. The van der Waals surface area contributed by atoms with E-state index in [1.54, 1.807) is 0 Å². The van der Waals surface area contributed by atoms with Gasteiger partial charge in [0.2, 0.25) is 0 Å². The second kappa shape index (κ2) is 8.52. The summed E-state index contributed by atoms with van der Waals surface area (Å²) in [7, 11) is 0. The largest absolute Gasteiger partial charge is 0.318 e. The number of rotatable bonds is 6. The lowest BCUT2D eigenvalue weighted by Crippen LogP contribution is -2.38. The standard InChI is InChI=1S/C21H34N4/c1-3-10-23(11-4-1)14-9-19-7-8-20-18-25(22-21(20)17-19)16-15-24-12-5-2-6-13-24/h7-8,17,22H,1-6,9-16,18H2. The van der Waals surface area contributed by atoms with Gasteiger partial charge in [0.25, 0.3) is 0 Å². The minimum Gasteiger partial charge on any atom is -0.318 e. The van der Waals surface area contributed by atoms with Gasteiger partial charge in [-0.25, -0.2) is 5.01 Å². The van der Waals surface area contributed by atoms with Gasteiger partial charge in [0.1, 0.15) is 0 Å². The predicted molar refractivity (Wildman–Crippen MR) is 105 cm³/mol. The summed E-state index contributed by atoms with van der Waals surface area (Å²) in [6, 6.07) is 7.08. The molecule has 0 saturated carbocycles. The average molecular weight is 343 g/mol. The molecule has 1 N–H and O–H groups in total. The number of likely N-dealkylation sites (tertiary alicyclic amines) is 2. The first-order valence-corrected chi connectivity index (χ1v) is 10.4. The monoisotopic (exact) mass is 342 g/mol. The highest BCUT2D eigenvalue weighted by atomic mass is 15.5. The number of fused-ring (bicyclic) bond motifs is 1. The van der Waals surface area contributed by atoms with E-state index in [-0.39, 0.29) is 0 Å². The molecule has 0 atom stereocenters. The van der Waals surface area contributed by atoms with Gasteiger partial charge in [-0.15, -0.1) is 0 Å². The number of nitrogens with zero attached hydrogens (tertiary/aromatic N) is 3. The van der Waals surface area contributed by atoms with Gasteiger partial charge in [0.15, 0.2) is 0 Å². The van der Waals surface area contributed by atoms with Crippen LogP contribution in [0.3, 0.4) is 0 Å². The smallest absolute Gasteiger partial charge is 0.0538 e. The number of anilines is 1. The van der Waals surface area contributed by atoms with Crippen molar-refractivity contribution in [2.24, 2.45) is 0 Å². The van der Waals surface area contributed by atoms with Crippen molar-refractivity contribution in [3.63, 3.8) is 0 Å². The van der Waals surface area contributed by atoms with Crippen LogP contribution in [0.4, 0.5) is 5.69 Å². The maximum absolute atomic E-state index is 3.65. The van der Waals surface area contributed by atoms with Crippen molar-refractivity contribution in [1.82, 2.24) is 14.8 Å². The lowest BCUT2D eigenvalue weighted by atomic mass is 10.1. The van der Waals surface area contributed by atoms with Gasteiger partial charge in [0, 0.05) is 26.2 Å². The van der Waals surface area contributed by atoms with Crippen LogP contribution in [0.1, 0.15) is 49.7 Å². The number of nitrogens with one attached hydrogen (secondary N) is 1. The summed E-state index contributed by atoms with van der Waals surface area (Å²) < 4.78 is 0. The Bertz CT molecular complexity index is 547. The average Bonchev–Trinajstić information content (AvgIpc) is 3.08. The molecule has 0 amide bonds. The van der Waals surface area contributed by atoms with Gasteiger partial charge in [-0.05, 0) is 75.5 Å². The Balaban J connectivity index is 1.25. The first-order valence-electron chi connectivity index (χ1n) is 10.4. The summed E-state index contributed by atoms with van der Waals surface area (Å²) in [5, 5.41) is 2.40. The Labute approximate surface area is 153 Å². The molecule has 4 heteroatoms. The van der Waals surface area contributed by atoms with Crippen LogP contribution in [-0.2, 0) is 13.0 Å². The number of benzene rings is 1. The fourth-order valence-corrected chi connectivity index (χ4v) is 4.49. The third kappa shape index (κ3) is 4.75. The molecule has 3 aliphatic rings. The zero-order chi connectivity index (χ0) is 16.9. The summed E-state index contributed by atoms with van der Waals surface area (Å²) in [6.07, 6.45) is 9.57. The Hall–Kier alpha value is -1.10. The predicted octanol–water partition coefficient (Wildman–Crippen LogP) is 3.34. The third-order valence-corrected chi connectivity index (χ3v) is 6.11. The van der Waals surface area contributed by atoms with E-state index >= 15 is 0 Å². The van der Waals surface area contributed by atoms with Crippen LogP contribution in [0.5, 0.6) is 0 Å². The molecule has 0 radical (unpaired) electrons. The van der Waals surface area contributed by atoms with Crippen molar-refractivity contribution in [3.8, 4) is 0 Å². The van der Waals surface area contributed by atoms with Gasteiger partial charge < -0.3 is 15.2 Å². The van der Waals surface area contributed by atoms with E-state index in [4.69, 9.17) is 0 Å². The molecule has 4 rings (SSSR count). The van der Waals surface area contributed by atoms with Crippen molar-refractivity contribution in [2.45, 2.75) is 51.5 Å². The Morgan fingerprint density at radius 1 is 0.760 bits per heavy atom. The number of piperidine rings is 2. The fraction of sp³-hybridized carbons (Fsp3) is 0.714. The molecule has 0 bridgehead atoms. The van der Waals surface area contributed by atoms with Crippen LogP contribution in [0.2, 0.25) is 0 Å². The van der Waals surface area contributed by atoms with Crippen LogP contribution in [0.25, 0.3) is 0 Å². The van der Waals surface area contributed by atoms with E-state index < -0.39 is 0 Å². The third-order valence-electron chi connectivity index (χ3n) is 6.11. The first-order chi connectivity index (χ1) is 12.4. The van der Waals surface area contributed by atoms with E-state index in [0.717, 1.165) is 13.1 Å². The van der Waals surface area contributed by atoms with Crippen LogP contribution in [-0.4, -0.2) is 60.6 Å². The Kier molecular flexibility index (Phi) is 5.90. The second-order valence-electron chi connectivity index (χ2n) is 8.08. The molecule has 3 heterocycles. The molecule has 0 aromatic heterocycles. The highest BCUT2D eigenvalue weighted by molar-refractivity contribution is 5.55. The molecular formula is C21H34N4. The van der Waals surface area contributed by atoms with Gasteiger partial charge in [-0.1, -0.05) is 25.0 Å². The molecule has 138 valence electrons. The molecule has 0 unspecified atom stereocenters. The zero-order valence-corrected chi connectivity index (χ0v) is 15.7. The summed E-state index contributed by atoms with van der Waals surface area (Å²) in [5.74, 6) is 0. The van der Waals surface area contributed by atoms with Crippen LogP contribution in [0.15, 0.2) is 18.2 Å². The minimum absolute atomic E-state index is 1.05. The zero-order valence-electron chi connectivity index (χ0n) is 15.7. The molecule has 0 spiro atoms. The van der Waals surface area contributed by atoms with Crippen molar-refractivity contribution in [2.75, 3.05) is 51.2 Å². The summed E-state index contributed by atoms with van der Waals surface area (Å²) in [5.41, 5.74) is 7.93. The van der Waals surface area contributed by atoms with Crippen molar-refractivity contribution in [1.29, 1.82) is 0 Å². The van der Waals surface area contributed by atoms with Crippen LogP contribution in [0, 0.1) is 0 Å². The Morgan fingerprint density at radius 2 is 1.44 bits per heavy atom. The van der Waals surface area contributed by atoms with E-state index in [9.17, 15) is 0 Å². The topological polar surface area (TPSA) is 21.8 Å². The lowest BCUT2D eigenvalue weighted by molar-refractivity contribution is 0.197. The van der Waals surface area contributed by atoms with E-state index in [2.05, 4.69) is 38.4 Å². The molecule has 2 saturated heterocycles. The SMILES string of the molecule is c1cc2c(cc1CCN1CCCCC1)NN(CCN1CCCCC1)C2. The van der Waals surface area contributed by atoms with Crippen molar-refractivity contribution >= 4 is 5.69 Å². The molecule has 1 aromatic carbocycles. The maximum atomic E-state index is 3.65. The highest BCUT2D eigenvalue weighted by Crippen LogP contribution is 2.26. The molecule has 0 aliphatic carbocycles. The number of hydrogen-bond donors (Lipinski definition) is 1.